The highest BCUT2D eigenvalue weighted by Crippen LogP contribution is 2.40. The standard InChI is InChI=1S/C24H26Cl2FN5O3/c1-31-6-8-32(9-7-31)19-5-4-15(10-18(19)27)30-24-28-12-16(13-29-24)35-14-17-22(25)20(33-2)11-21(34-3)23(17)26/h4-5,10-13H,6-9,14H2,1-3H3,(H,28,29,30). The van der Waals surface area contributed by atoms with Crippen LogP contribution in [0.4, 0.5) is 21.7 Å². The predicted molar refractivity (Wildman–Crippen MR) is 135 cm³/mol. The summed E-state index contributed by atoms with van der Waals surface area (Å²) in [5.74, 6) is 1.27. The molecule has 0 amide bonds. The lowest BCUT2D eigenvalue weighted by Crippen LogP contribution is -2.44. The van der Waals surface area contributed by atoms with Gasteiger partial charge >= 0.3 is 0 Å². The van der Waals surface area contributed by atoms with Gasteiger partial charge in [0.2, 0.25) is 5.95 Å². The van der Waals surface area contributed by atoms with E-state index in [0.717, 1.165) is 26.2 Å². The fourth-order valence-corrected chi connectivity index (χ4v) is 4.30. The van der Waals surface area contributed by atoms with Crippen LogP contribution in [0.15, 0.2) is 36.7 Å². The fourth-order valence-electron chi connectivity index (χ4n) is 3.69. The second-order valence-electron chi connectivity index (χ2n) is 8.00. The molecule has 3 aromatic rings. The Morgan fingerprint density at radius 3 is 2.17 bits per heavy atom. The topological polar surface area (TPSA) is 72.0 Å². The van der Waals surface area contributed by atoms with E-state index in [1.54, 1.807) is 12.1 Å². The van der Waals surface area contributed by atoms with Gasteiger partial charge in [-0.3, -0.25) is 0 Å². The predicted octanol–water partition coefficient (Wildman–Crippen LogP) is 5.01. The lowest BCUT2D eigenvalue weighted by Gasteiger charge is -2.34. The average Bonchev–Trinajstić information content (AvgIpc) is 2.86. The number of methoxy groups -OCH3 is 2. The lowest BCUT2D eigenvalue weighted by molar-refractivity contribution is 0.301. The zero-order valence-corrected chi connectivity index (χ0v) is 21.2. The van der Waals surface area contributed by atoms with E-state index in [-0.39, 0.29) is 12.4 Å². The molecule has 0 bridgehead atoms. The minimum Gasteiger partial charge on any atom is -0.495 e. The van der Waals surface area contributed by atoms with Gasteiger partial charge in [-0.1, -0.05) is 23.2 Å². The second kappa shape index (κ2) is 11.2. The Balaban J connectivity index is 1.40. The Hall–Kier alpha value is -3.01. The van der Waals surface area contributed by atoms with Crippen LogP contribution >= 0.6 is 23.2 Å². The van der Waals surface area contributed by atoms with Crippen LogP contribution in [0, 0.1) is 5.82 Å². The summed E-state index contributed by atoms with van der Waals surface area (Å²) < 4.78 is 31.0. The normalized spacial score (nSPS) is 14.1. The summed E-state index contributed by atoms with van der Waals surface area (Å²) in [4.78, 5) is 12.8. The molecule has 1 saturated heterocycles. The fraction of sp³-hybridized carbons (Fsp3) is 0.333. The molecule has 1 N–H and O–H groups in total. The van der Waals surface area contributed by atoms with Crippen molar-refractivity contribution >= 4 is 40.5 Å². The van der Waals surface area contributed by atoms with Crippen molar-refractivity contribution in [3.8, 4) is 17.2 Å². The highest BCUT2D eigenvalue weighted by atomic mass is 35.5. The van der Waals surface area contributed by atoms with Crippen molar-refractivity contribution < 1.29 is 18.6 Å². The molecule has 0 atom stereocenters. The van der Waals surface area contributed by atoms with Crippen molar-refractivity contribution in [1.29, 1.82) is 0 Å². The van der Waals surface area contributed by atoms with Gasteiger partial charge in [0.15, 0.2) is 5.75 Å². The minimum atomic E-state index is -0.290. The summed E-state index contributed by atoms with van der Waals surface area (Å²) in [5, 5.41) is 3.68. The van der Waals surface area contributed by atoms with E-state index in [2.05, 4.69) is 32.1 Å². The third-order valence-electron chi connectivity index (χ3n) is 5.72. The zero-order chi connectivity index (χ0) is 24.9. The van der Waals surface area contributed by atoms with Crippen molar-refractivity contribution in [2.45, 2.75) is 6.61 Å². The van der Waals surface area contributed by atoms with Gasteiger partial charge in [-0.05, 0) is 25.2 Å². The van der Waals surface area contributed by atoms with E-state index >= 15 is 0 Å². The summed E-state index contributed by atoms with van der Waals surface area (Å²) in [6.07, 6.45) is 3.01. The molecule has 2 aromatic carbocycles. The number of benzene rings is 2. The molecule has 1 aliphatic heterocycles. The summed E-state index contributed by atoms with van der Waals surface area (Å²) >= 11 is 12.8. The number of nitrogens with zero attached hydrogens (tertiary/aromatic N) is 4. The first kappa shape index (κ1) is 25.1. The Bertz CT molecular complexity index is 1150. The summed E-state index contributed by atoms with van der Waals surface area (Å²) in [6, 6.07) is 6.64. The molecule has 2 heterocycles. The molecule has 1 aromatic heterocycles. The Morgan fingerprint density at radius 1 is 0.971 bits per heavy atom. The van der Waals surface area contributed by atoms with Crippen LogP contribution < -0.4 is 24.4 Å². The number of likely N-dealkylation sites (N-methyl/N-ethyl adjacent to an activating group) is 1. The van der Waals surface area contributed by atoms with Crippen molar-refractivity contribution in [1.82, 2.24) is 14.9 Å². The number of hydrogen-bond acceptors (Lipinski definition) is 8. The van der Waals surface area contributed by atoms with Gasteiger partial charge in [-0.25, -0.2) is 14.4 Å². The van der Waals surface area contributed by atoms with E-state index < -0.39 is 0 Å². The smallest absolute Gasteiger partial charge is 0.227 e. The number of piperazine rings is 1. The van der Waals surface area contributed by atoms with E-state index in [9.17, 15) is 4.39 Å². The number of hydrogen-bond donors (Lipinski definition) is 1. The molecule has 186 valence electrons. The molecule has 8 nitrogen and oxygen atoms in total. The van der Waals surface area contributed by atoms with Crippen LogP contribution in [0.3, 0.4) is 0 Å². The molecule has 1 aliphatic rings. The quantitative estimate of drug-likeness (QED) is 0.443. The van der Waals surface area contributed by atoms with Gasteiger partial charge in [0.05, 0.1) is 42.3 Å². The molecule has 0 spiro atoms. The molecule has 11 heteroatoms. The average molecular weight is 522 g/mol. The number of aromatic nitrogens is 2. The Kier molecular flexibility index (Phi) is 8.00. The first-order chi connectivity index (χ1) is 16.9. The SMILES string of the molecule is COc1cc(OC)c(Cl)c(COc2cnc(Nc3ccc(N4CCN(C)CC4)c(F)c3)nc2)c1Cl. The van der Waals surface area contributed by atoms with Crippen molar-refractivity contribution in [3.63, 3.8) is 0 Å². The highest BCUT2D eigenvalue weighted by molar-refractivity contribution is 6.37. The Morgan fingerprint density at radius 2 is 1.60 bits per heavy atom. The third kappa shape index (κ3) is 5.80. The molecular formula is C24H26Cl2FN5O3. The van der Waals surface area contributed by atoms with E-state index in [0.29, 0.717) is 50.2 Å². The number of nitrogens with one attached hydrogen (secondary N) is 1. The molecule has 4 rings (SSSR count). The molecule has 35 heavy (non-hydrogen) atoms. The largest absolute Gasteiger partial charge is 0.495 e. The van der Waals surface area contributed by atoms with Gasteiger partial charge in [0, 0.05) is 43.5 Å². The first-order valence-electron chi connectivity index (χ1n) is 10.9. The van der Waals surface area contributed by atoms with Crippen LogP contribution in [0.1, 0.15) is 5.56 Å². The van der Waals surface area contributed by atoms with Crippen molar-refractivity contribution in [3.05, 3.63) is 58.1 Å². The van der Waals surface area contributed by atoms with Gasteiger partial charge in [0.1, 0.15) is 23.9 Å². The van der Waals surface area contributed by atoms with Crippen LogP contribution in [0.5, 0.6) is 17.2 Å². The van der Waals surface area contributed by atoms with Gasteiger partial charge in [0.25, 0.3) is 0 Å². The maximum atomic E-state index is 14.7. The molecular weight excluding hydrogens is 496 g/mol. The molecule has 0 unspecified atom stereocenters. The molecule has 0 aliphatic carbocycles. The lowest BCUT2D eigenvalue weighted by atomic mass is 10.2. The van der Waals surface area contributed by atoms with Crippen molar-refractivity contribution in [2.24, 2.45) is 0 Å². The molecule has 1 fully saturated rings. The third-order valence-corrected chi connectivity index (χ3v) is 6.55. The van der Waals surface area contributed by atoms with Crippen LogP contribution in [0.2, 0.25) is 10.0 Å². The number of anilines is 3. The van der Waals surface area contributed by atoms with Gasteiger partial charge < -0.3 is 29.3 Å². The molecule has 0 radical (unpaired) electrons. The maximum Gasteiger partial charge on any atom is 0.227 e. The highest BCUT2D eigenvalue weighted by Gasteiger charge is 2.19. The van der Waals surface area contributed by atoms with Gasteiger partial charge in [-0.2, -0.15) is 0 Å². The first-order valence-corrected chi connectivity index (χ1v) is 11.7. The summed E-state index contributed by atoms with van der Waals surface area (Å²) in [5.41, 5.74) is 1.67. The second-order valence-corrected chi connectivity index (χ2v) is 8.76. The van der Waals surface area contributed by atoms with E-state index in [1.165, 1.54) is 32.7 Å². The van der Waals surface area contributed by atoms with Crippen LogP contribution in [0.25, 0.3) is 0 Å². The number of ether oxygens (including phenoxy) is 3. The van der Waals surface area contributed by atoms with E-state index in [4.69, 9.17) is 37.4 Å². The van der Waals surface area contributed by atoms with E-state index in [1.807, 2.05) is 6.07 Å². The summed E-state index contributed by atoms with van der Waals surface area (Å²) in [6.45, 7) is 3.46. The number of rotatable bonds is 8. The van der Waals surface area contributed by atoms with Crippen molar-refractivity contribution in [2.75, 3.05) is 57.7 Å². The van der Waals surface area contributed by atoms with Crippen LogP contribution in [-0.2, 0) is 6.61 Å². The minimum absolute atomic E-state index is 0.0559. The molecule has 0 saturated carbocycles. The maximum absolute atomic E-state index is 14.7. The Labute approximate surface area is 213 Å². The monoisotopic (exact) mass is 521 g/mol. The van der Waals surface area contributed by atoms with Crippen LogP contribution in [-0.4, -0.2) is 62.3 Å². The zero-order valence-electron chi connectivity index (χ0n) is 19.6. The van der Waals surface area contributed by atoms with Gasteiger partial charge in [-0.15, -0.1) is 0 Å². The summed E-state index contributed by atoms with van der Waals surface area (Å²) in [7, 11) is 5.08. The number of halogens is 3.